The fourth-order valence-corrected chi connectivity index (χ4v) is 9.31. The Kier molecular flexibility index (Phi) is 10.2. The summed E-state index contributed by atoms with van der Waals surface area (Å²) in [6.07, 6.45) is 7.42. The number of H-pyrrole nitrogens is 1. The van der Waals surface area contributed by atoms with Crippen LogP contribution in [0.15, 0.2) is 30.6 Å². The van der Waals surface area contributed by atoms with Gasteiger partial charge in [0, 0.05) is 23.9 Å². The van der Waals surface area contributed by atoms with Gasteiger partial charge in [-0.25, -0.2) is 13.1 Å². The molecule has 17 nitrogen and oxygen atoms in total. The van der Waals surface area contributed by atoms with Crippen molar-refractivity contribution in [1.29, 1.82) is 0 Å². The van der Waals surface area contributed by atoms with Gasteiger partial charge < -0.3 is 26.4 Å². The molecule has 2 unspecified atom stereocenters. The van der Waals surface area contributed by atoms with Crippen molar-refractivity contribution in [3.8, 4) is 0 Å². The molecule has 1 aliphatic carbocycles. The number of carbonyl (C=O) groups excluding carboxylic acids is 5. The number of Topliss-reactive ketones (excluding diaryl/α,β-unsaturated/α-hetero) is 1. The number of aliphatic hydroxyl groups is 1. The monoisotopic (exact) mass is 739 g/mol. The Morgan fingerprint density at radius 1 is 1.10 bits per heavy atom. The summed E-state index contributed by atoms with van der Waals surface area (Å²) in [7, 11) is -3.53. The molecule has 0 radical (unpaired) electrons. The van der Waals surface area contributed by atoms with E-state index in [1.807, 2.05) is 0 Å². The highest BCUT2D eigenvalue weighted by Crippen LogP contribution is 2.35. The number of hydrogen-bond donors (Lipinski definition) is 5. The first-order valence-corrected chi connectivity index (χ1v) is 19.4. The highest BCUT2D eigenvalue weighted by molar-refractivity contribution is 7.91. The highest BCUT2D eigenvalue weighted by Gasteiger charge is 2.50. The summed E-state index contributed by atoms with van der Waals surface area (Å²) in [6.45, 7) is 3.04. The number of benzene rings is 1. The average molecular weight is 740 g/mol. The molecule has 3 aromatic rings. The molecule has 1 aromatic carbocycles. The molecule has 18 heteroatoms. The van der Waals surface area contributed by atoms with Gasteiger partial charge in [-0.1, -0.05) is 43.4 Å². The smallest absolute Gasteiger partial charge is 0.287 e. The van der Waals surface area contributed by atoms with Crippen molar-refractivity contribution in [2.24, 2.45) is 11.7 Å². The maximum atomic E-state index is 14.8. The second-order valence-electron chi connectivity index (χ2n) is 14.9. The average Bonchev–Trinajstić information content (AvgIpc) is 3.88. The van der Waals surface area contributed by atoms with E-state index in [2.05, 4.69) is 31.1 Å². The summed E-state index contributed by atoms with van der Waals surface area (Å²) < 4.78 is 26.1. The summed E-state index contributed by atoms with van der Waals surface area (Å²) in [5.74, 6) is -5.01. The molecule has 2 aliphatic heterocycles. The fourth-order valence-electron chi connectivity index (χ4n) is 7.78. The lowest BCUT2D eigenvalue weighted by Crippen LogP contribution is -2.64. The third-order valence-electron chi connectivity index (χ3n) is 10.7. The molecule has 6 rings (SSSR count). The summed E-state index contributed by atoms with van der Waals surface area (Å²) in [6, 6.07) is 2.10. The Balaban J connectivity index is 1.34. The third kappa shape index (κ3) is 7.72. The lowest BCUT2D eigenvalue weighted by atomic mass is 9.84. The van der Waals surface area contributed by atoms with Crippen molar-refractivity contribution in [2.45, 2.75) is 101 Å². The molecule has 4 amide bonds. The Bertz CT molecular complexity index is 1960. The van der Waals surface area contributed by atoms with Crippen LogP contribution in [0.4, 0.5) is 0 Å². The largest absolute Gasteiger partial charge is 0.384 e. The highest BCUT2D eigenvalue weighted by atomic mass is 32.2. The maximum absolute atomic E-state index is 14.8. The van der Waals surface area contributed by atoms with Crippen LogP contribution in [0, 0.1) is 5.92 Å². The van der Waals surface area contributed by atoms with Gasteiger partial charge in [0.05, 0.1) is 41.2 Å². The Morgan fingerprint density at radius 3 is 2.48 bits per heavy atom. The molecule has 2 saturated heterocycles. The Labute approximate surface area is 300 Å². The van der Waals surface area contributed by atoms with Gasteiger partial charge in [-0.15, -0.1) is 5.10 Å². The minimum absolute atomic E-state index is 0.0241. The van der Waals surface area contributed by atoms with Crippen LogP contribution >= 0.6 is 0 Å². The van der Waals surface area contributed by atoms with E-state index < -0.39 is 80.0 Å². The molecule has 4 heterocycles. The lowest BCUT2D eigenvalue weighted by molar-refractivity contribution is -0.145. The van der Waals surface area contributed by atoms with Crippen LogP contribution in [0.3, 0.4) is 0 Å². The van der Waals surface area contributed by atoms with E-state index in [-0.39, 0.29) is 31.7 Å². The first kappa shape index (κ1) is 37.1. The Morgan fingerprint density at radius 2 is 1.81 bits per heavy atom. The van der Waals surface area contributed by atoms with Crippen LogP contribution in [0.2, 0.25) is 0 Å². The molecule has 6 N–H and O–H groups in total. The molecule has 52 heavy (non-hydrogen) atoms. The van der Waals surface area contributed by atoms with E-state index in [9.17, 15) is 37.5 Å². The van der Waals surface area contributed by atoms with Gasteiger partial charge in [0.15, 0.2) is 9.84 Å². The fraction of sp³-hybridized carbons (Fsp3) is 0.588. The van der Waals surface area contributed by atoms with Gasteiger partial charge in [-0.2, -0.15) is 5.10 Å². The van der Waals surface area contributed by atoms with Gasteiger partial charge >= 0.3 is 0 Å². The van der Waals surface area contributed by atoms with Gasteiger partial charge in [0.2, 0.25) is 17.6 Å². The topological polar surface area (TPSA) is 252 Å². The van der Waals surface area contributed by atoms with Gasteiger partial charge in [0.25, 0.3) is 11.8 Å². The SMILES string of the molecule is CC(C)(O)c1cnnn1C1CC(C(=O)NC2(C(=O)C(N)=O)CCS(=O)(=O)CC2)N(C(=O)[C@@H](CC2CCCCC2)NC(=O)c2ccc3cn[nH]c3c2)C1. The van der Waals surface area contributed by atoms with E-state index in [1.165, 1.54) is 15.8 Å². The van der Waals surface area contributed by atoms with Crippen molar-refractivity contribution in [1.82, 2.24) is 40.7 Å². The number of fused-ring (bicyclic) bond motifs is 1. The van der Waals surface area contributed by atoms with Crippen molar-refractivity contribution in [3.05, 3.63) is 41.9 Å². The molecule has 3 fully saturated rings. The minimum Gasteiger partial charge on any atom is -0.384 e. The molecule has 3 aliphatic rings. The third-order valence-corrected chi connectivity index (χ3v) is 12.4. The number of amides is 4. The normalized spacial score (nSPS) is 22.5. The van der Waals surface area contributed by atoms with Crippen LogP contribution in [0.25, 0.3) is 10.9 Å². The molecule has 3 atom stereocenters. The van der Waals surface area contributed by atoms with Gasteiger partial charge in [-0.3, -0.25) is 29.1 Å². The number of aromatic amines is 1. The van der Waals surface area contributed by atoms with Crippen LogP contribution in [0.1, 0.15) is 93.7 Å². The number of aromatic nitrogens is 5. The predicted molar refractivity (Wildman–Crippen MR) is 186 cm³/mol. The first-order chi connectivity index (χ1) is 24.6. The second-order valence-corrected chi connectivity index (χ2v) is 17.2. The molecule has 280 valence electrons. The zero-order valence-corrected chi connectivity index (χ0v) is 30.0. The molecule has 0 spiro atoms. The maximum Gasteiger partial charge on any atom is 0.287 e. The first-order valence-electron chi connectivity index (χ1n) is 17.6. The van der Waals surface area contributed by atoms with Crippen LogP contribution in [0.5, 0.6) is 0 Å². The number of sulfone groups is 1. The van der Waals surface area contributed by atoms with Crippen molar-refractivity contribution >= 4 is 50.2 Å². The number of rotatable bonds is 11. The zero-order chi connectivity index (χ0) is 37.4. The van der Waals surface area contributed by atoms with E-state index >= 15 is 0 Å². The number of hydrogen-bond acceptors (Lipinski definition) is 11. The number of likely N-dealkylation sites (tertiary alicyclic amines) is 1. The predicted octanol–water partition coefficient (Wildman–Crippen LogP) is 0.411. The van der Waals surface area contributed by atoms with Gasteiger partial charge in [0.1, 0.15) is 23.2 Å². The summed E-state index contributed by atoms with van der Waals surface area (Å²) >= 11 is 0. The number of nitrogens with two attached hydrogens (primary N) is 1. The van der Waals surface area contributed by atoms with Crippen LogP contribution in [-0.4, -0.2) is 109 Å². The van der Waals surface area contributed by atoms with E-state index in [1.54, 1.807) is 38.2 Å². The molecular formula is C34H45N9O8S. The second kappa shape index (κ2) is 14.4. The summed E-state index contributed by atoms with van der Waals surface area (Å²) in [4.78, 5) is 69.5. The number of nitrogens with one attached hydrogen (secondary N) is 3. The van der Waals surface area contributed by atoms with Crippen molar-refractivity contribution in [2.75, 3.05) is 18.1 Å². The van der Waals surface area contributed by atoms with Crippen LogP contribution in [-0.2, 0) is 34.6 Å². The summed E-state index contributed by atoms with van der Waals surface area (Å²) in [5.41, 5.74) is 3.41. The standard InChI is InChI=1S/C34H45N9O8S/c1-33(2,49)27-18-37-41-43(27)23-16-26(31(47)39-34(28(44)29(35)45)10-12-52(50,51)13-11-34)42(19-23)32(48)25(14-20-6-4-3-5-7-20)38-30(46)21-8-9-22-17-36-40-24(22)15-21/h8-9,15,17-18,20,23,25-26,49H,3-7,10-14,16,19H2,1-2H3,(H2,35,45)(H,36,40)(H,38,46)(H,39,47)/t23?,25-,26?/m1/s1. The lowest BCUT2D eigenvalue weighted by Gasteiger charge is -2.37. The zero-order valence-electron chi connectivity index (χ0n) is 29.2. The van der Waals surface area contributed by atoms with E-state index in [0.29, 0.717) is 23.2 Å². The number of nitrogens with zero attached hydrogens (tertiary/aromatic N) is 5. The number of carbonyl (C=O) groups is 5. The minimum atomic E-state index is -3.53. The van der Waals surface area contributed by atoms with Crippen molar-refractivity contribution < 1.29 is 37.5 Å². The van der Waals surface area contributed by atoms with Gasteiger partial charge in [-0.05, 0) is 51.2 Å². The van der Waals surface area contributed by atoms with E-state index in [4.69, 9.17) is 5.73 Å². The number of ketones is 1. The molecule has 1 saturated carbocycles. The number of primary amides is 1. The van der Waals surface area contributed by atoms with E-state index in [0.717, 1.165) is 37.5 Å². The molecular weight excluding hydrogens is 694 g/mol. The molecule has 2 aromatic heterocycles. The molecule has 0 bridgehead atoms. The van der Waals surface area contributed by atoms with Crippen molar-refractivity contribution in [3.63, 3.8) is 0 Å². The summed E-state index contributed by atoms with van der Waals surface area (Å²) in [5, 5.41) is 32.3. The van der Waals surface area contributed by atoms with Crippen LogP contribution < -0.4 is 16.4 Å². The quantitative estimate of drug-likeness (QED) is 0.168. The Hall–Kier alpha value is -4.71.